The lowest BCUT2D eigenvalue weighted by atomic mass is 10.1. The van der Waals surface area contributed by atoms with Gasteiger partial charge in [-0.3, -0.25) is 0 Å². The zero-order valence-corrected chi connectivity index (χ0v) is 14.2. The molecule has 4 rings (SSSR count). The Labute approximate surface area is 153 Å². The van der Waals surface area contributed by atoms with Crippen LogP contribution in [0.15, 0.2) is 53.1 Å². The Balaban J connectivity index is 1.46. The highest BCUT2D eigenvalue weighted by Gasteiger charge is 2.12. The van der Waals surface area contributed by atoms with Crippen LogP contribution in [0.3, 0.4) is 0 Å². The molecule has 0 aliphatic rings. The average molecular weight is 364 g/mol. The first-order chi connectivity index (χ1) is 13.1. The van der Waals surface area contributed by atoms with Gasteiger partial charge in [0.2, 0.25) is 11.8 Å². The Bertz CT molecular complexity index is 1090. The summed E-state index contributed by atoms with van der Waals surface area (Å²) in [6.07, 6.45) is 2.26. The van der Waals surface area contributed by atoms with Crippen LogP contribution in [-0.4, -0.2) is 37.2 Å². The second-order valence-corrected chi connectivity index (χ2v) is 5.86. The maximum absolute atomic E-state index is 10.9. The number of nitrogens with two attached hydrogens (primary N) is 1. The highest BCUT2D eigenvalue weighted by Crippen LogP contribution is 2.19. The number of benzene rings is 1. The standard InChI is InChI=1S/C18H16N6O3/c19-18-21-14(20-8-7-11-3-5-12(6-4-11)17(25)26)10-15-22-16(23-24(15)18)13-2-1-9-27-13/h1-6,9-10,20H,7-8H2,(H2,19,21)(H,25,26). The minimum atomic E-state index is -0.935. The molecule has 0 aliphatic heterocycles. The van der Waals surface area contributed by atoms with Crippen LogP contribution in [0.25, 0.3) is 17.2 Å². The predicted octanol–water partition coefficient (Wildman–Crippen LogP) is 2.32. The maximum atomic E-state index is 10.9. The molecule has 0 spiro atoms. The van der Waals surface area contributed by atoms with Crippen LogP contribution in [-0.2, 0) is 6.42 Å². The quantitative estimate of drug-likeness (QED) is 0.475. The van der Waals surface area contributed by atoms with E-state index < -0.39 is 5.97 Å². The van der Waals surface area contributed by atoms with Crippen molar-refractivity contribution in [2.45, 2.75) is 6.42 Å². The number of rotatable bonds is 6. The number of aromatic carboxylic acids is 1. The lowest BCUT2D eigenvalue weighted by Gasteiger charge is -2.07. The molecular weight excluding hydrogens is 348 g/mol. The summed E-state index contributed by atoms with van der Waals surface area (Å²) in [5.41, 5.74) is 7.82. The second kappa shape index (κ2) is 6.79. The fraction of sp³-hybridized carbons (Fsp3) is 0.111. The number of nitrogens with zero attached hydrogens (tertiary/aromatic N) is 4. The number of carboxylic acid groups (broad SMARTS) is 1. The van der Waals surface area contributed by atoms with Crippen LogP contribution in [0.1, 0.15) is 15.9 Å². The number of hydrogen-bond acceptors (Lipinski definition) is 7. The van der Waals surface area contributed by atoms with E-state index in [4.69, 9.17) is 15.3 Å². The van der Waals surface area contributed by atoms with E-state index in [9.17, 15) is 4.79 Å². The van der Waals surface area contributed by atoms with Crippen molar-refractivity contribution in [1.82, 2.24) is 19.6 Å². The third-order valence-electron chi connectivity index (χ3n) is 4.01. The number of nitrogen functional groups attached to an aromatic ring is 1. The average Bonchev–Trinajstić information content (AvgIpc) is 3.32. The summed E-state index contributed by atoms with van der Waals surface area (Å²) in [4.78, 5) is 19.6. The highest BCUT2D eigenvalue weighted by atomic mass is 16.4. The fourth-order valence-corrected chi connectivity index (χ4v) is 2.66. The van der Waals surface area contributed by atoms with Crippen molar-refractivity contribution in [3.05, 3.63) is 59.9 Å². The summed E-state index contributed by atoms with van der Waals surface area (Å²) in [7, 11) is 0. The molecule has 3 aromatic heterocycles. The van der Waals surface area contributed by atoms with Crippen molar-refractivity contribution in [1.29, 1.82) is 0 Å². The molecular formula is C18H16N6O3. The van der Waals surface area contributed by atoms with Gasteiger partial charge in [-0.2, -0.15) is 9.50 Å². The lowest BCUT2D eigenvalue weighted by Crippen LogP contribution is -2.10. The van der Waals surface area contributed by atoms with Crippen LogP contribution >= 0.6 is 0 Å². The minimum Gasteiger partial charge on any atom is -0.478 e. The molecule has 0 fully saturated rings. The van der Waals surface area contributed by atoms with Crippen LogP contribution in [0.4, 0.5) is 11.8 Å². The summed E-state index contributed by atoms with van der Waals surface area (Å²) >= 11 is 0. The summed E-state index contributed by atoms with van der Waals surface area (Å²) in [5, 5.41) is 16.4. The Morgan fingerprint density at radius 2 is 2.04 bits per heavy atom. The van der Waals surface area contributed by atoms with Crippen LogP contribution in [0.2, 0.25) is 0 Å². The molecule has 0 atom stereocenters. The zero-order valence-electron chi connectivity index (χ0n) is 14.2. The van der Waals surface area contributed by atoms with Crippen LogP contribution in [0.5, 0.6) is 0 Å². The molecule has 27 heavy (non-hydrogen) atoms. The molecule has 3 heterocycles. The largest absolute Gasteiger partial charge is 0.478 e. The molecule has 4 aromatic rings. The van der Waals surface area contributed by atoms with E-state index in [0.717, 1.165) is 5.56 Å². The summed E-state index contributed by atoms with van der Waals surface area (Å²) in [5.74, 6) is 0.850. The molecule has 0 saturated heterocycles. The van der Waals surface area contributed by atoms with Crippen molar-refractivity contribution in [3.8, 4) is 11.6 Å². The molecule has 0 unspecified atom stereocenters. The summed E-state index contributed by atoms with van der Waals surface area (Å²) < 4.78 is 6.76. The van der Waals surface area contributed by atoms with Gasteiger partial charge in [-0.25, -0.2) is 9.78 Å². The normalized spacial score (nSPS) is 11.0. The molecule has 0 saturated carbocycles. The first-order valence-corrected chi connectivity index (χ1v) is 8.23. The second-order valence-electron chi connectivity index (χ2n) is 5.86. The molecule has 9 heteroatoms. The number of carboxylic acids is 1. The molecule has 1 aromatic carbocycles. The van der Waals surface area contributed by atoms with Crippen LogP contribution in [0, 0.1) is 0 Å². The topological polar surface area (TPSA) is 132 Å². The molecule has 0 aliphatic carbocycles. The predicted molar refractivity (Wildman–Crippen MR) is 98.5 cm³/mol. The third kappa shape index (κ3) is 3.43. The zero-order chi connectivity index (χ0) is 18.8. The minimum absolute atomic E-state index is 0.214. The van der Waals surface area contributed by atoms with Gasteiger partial charge in [0.1, 0.15) is 5.82 Å². The number of fused-ring (bicyclic) bond motifs is 1. The maximum Gasteiger partial charge on any atom is 0.335 e. The first-order valence-electron chi connectivity index (χ1n) is 8.23. The molecule has 0 amide bonds. The van der Waals surface area contributed by atoms with Gasteiger partial charge < -0.3 is 20.6 Å². The van der Waals surface area contributed by atoms with Gasteiger partial charge in [-0.1, -0.05) is 12.1 Å². The smallest absolute Gasteiger partial charge is 0.335 e. The number of carbonyl (C=O) groups is 1. The summed E-state index contributed by atoms with van der Waals surface area (Å²) in [6.45, 7) is 0.605. The van der Waals surface area contributed by atoms with Gasteiger partial charge in [0.25, 0.3) is 0 Å². The van der Waals surface area contributed by atoms with E-state index in [1.54, 1.807) is 48.7 Å². The molecule has 0 bridgehead atoms. The Morgan fingerprint density at radius 3 is 2.74 bits per heavy atom. The van der Waals surface area contributed by atoms with E-state index in [1.165, 1.54) is 4.52 Å². The molecule has 136 valence electrons. The van der Waals surface area contributed by atoms with Crippen LogP contribution < -0.4 is 11.1 Å². The van der Waals surface area contributed by atoms with E-state index in [-0.39, 0.29) is 11.5 Å². The van der Waals surface area contributed by atoms with Crippen molar-refractivity contribution >= 4 is 23.4 Å². The third-order valence-corrected chi connectivity index (χ3v) is 4.01. The van der Waals surface area contributed by atoms with Gasteiger partial charge in [-0.05, 0) is 36.2 Å². The Morgan fingerprint density at radius 1 is 1.22 bits per heavy atom. The molecule has 0 radical (unpaired) electrons. The van der Waals surface area contributed by atoms with Gasteiger partial charge in [0, 0.05) is 12.6 Å². The fourth-order valence-electron chi connectivity index (χ4n) is 2.66. The number of anilines is 2. The van der Waals surface area contributed by atoms with Crippen molar-refractivity contribution in [2.24, 2.45) is 0 Å². The number of aromatic nitrogens is 4. The SMILES string of the molecule is Nc1nc(NCCc2ccc(C(=O)O)cc2)cc2nc(-c3ccco3)nn12. The first kappa shape index (κ1) is 16.6. The van der Waals surface area contributed by atoms with E-state index in [1.807, 2.05) is 0 Å². The monoisotopic (exact) mass is 364 g/mol. The highest BCUT2D eigenvalue weighted by molar-refractivity contribution is 5.87. The van der Waals surface area contributed by atoms with Gasteiger partial charge in [0.05, 0.1) is 11.8 Å². The Kier molecular flexibility index (Phi) is 4.17. The molecule has 9 nitrogen and oxygen atoms in total. The van der Waals surface area contributed by atoms with Crippen molar-refractivity contribution in [2.75, 3.05) is 17.6 Å². The van der Waals surface area contributed by atoms with Crippen molar-refractivity contribution < 1.29 is 14.3 Å². The summed E-state index contributed by atoms with van der Waals surface area (Å²) in [6, 6.07) is 12.1. The van der Waals surface area contributed by atoms with E-state index in [2.05, 4.69) is 20.4 Å². The van der Waals surface area contributed by atoms with E-state index >= 15 is 0 Å². The Hall–Kier alpha value is -3.88. The lowest BCUT2D eigenvalue weighted by molar-refractivity contribution is 0.0697. The van der Waals surface area contributed by atoms with E-state index in [0.29, 0.717) is 36.0 Å². The number of nitrogens with one attached hydrogen (secondary N) is 1. The number of furan rings is 1. The van der Waals surface area contributed by atoms with Crippen molar-refractivity contribution in [3.63, 3.8) is 0 Å². The van der Waals surface area contributed by atoms with Gasteiger partial charge in [-0.15, -0.1) is 5.10 Å². The molecule has 4 N–H and O–H groups in total. The van der Waals surface area contributed by atoms with Gasteiger partial charge in [0.15, 0.2) is 11.4 Å². The van der Waals surface area contributed by atoms with Gasteiger partial charge >= 0.3 is 5.97 Å². The number of hydrogen-bond donors (Lipinski definition) is 3.